The van der Waals surface area contributed by atoms with E-state index in [2.05, 4.69) is 0 Å². The van der Waals surface area contributed by atoms with Crippen LogP contribution in [-0.4, -0.2) is 20.0 Å². The normalized spacial score (nSPS) is 10.2. The zero-order valence-corrected chi connectivity index (χ0v) is 12.0. The summed E-state index contributed by atoms with van der Waals surface area (Å²) in [5.41, 5.74) is 2.66. The number of ether oxygens (including phenoxy) is 2. The van der Waals surface area contributed by atoms with Crippen LogP contribution in [0.4, 0.5) is 0 Å². The standard InChI is InChI=1S/C17H18O3/c1-12-8-14(11-16(9-12)20-3)17(18)10-13-4-6-15(19-2)7-5-13/h4-9,11H,10H2,1-3H3. The maximum absolute atomic E-state index is 12.3. The van der Waals surface area contributed by atoms with Gasteiger partial charge in [-0.25, -0.2) is 0 Å². The smallest absolute Gasteiger partial charge is 0.167 e. The van der Waals surface area contributed by atoms with E-state index in [4.69, 9.17) is 9.47 Å². The van der Waals surface area contributed by atoms with E-state index in [1.807, 2.05) is 43.3 Å². The molecule has 0 aromatic heterocycles. The summed E-state index contributed by atoms with van der Waals surface area (Å²) in [5, 5.41) is 0. The molecule has 0 aliphatic carbocycles. The van der Waals surface area contributed by atoms with Gasteiger partial charge in [0.25, 0.3) is 0 Å². The summed E-state index contributed by atoms with van der Waals surface area (Å²) in [6.45, 7) is 1.95. The highest BCUT2D eigenvalue weighted by Crippen LogP contribution is 2.19. The van der Waals surface area contributed by atoms with E-state index in [0.717, 1.165) is 16.9 Å². The molecule has 0 spiro atoms. The van der Waals surface area contributed by atoms with Gasteiger partial charge in [-0.1, -0.05) is 12.1 Å². The Balaban J connectivity index is 2.16. The van der Waals surface area contributed by atoms with Gasteiger partial charge in [-0.05, 0) is 48.4 Å². The van der Waals surface area contributed by atoms with E-state index in [9.17, 15) is 4.79 Å². The number of carbonyl (C=O) groups is 1. The Morgan fingerprint density at radius 2 is 1.60 bits per heavy atom. The van der Waals surface area contributed by atoms with E-state index in [-0.39, 0.29) is 5.78 Å². The van der Waals surface area contributed by atoms with Crippen molar-refractivity contribution in [3.8, 4) is 11.5 Å². The van der Waals surface area contributed by atoms with Crippen LogP contribution in [0.15, 0.2) is 42.5 Å². The van der Waals surface area contributed by atoms with Crippen LogP contribution in [0, 0.1) is 6.92 Å². The number of benzene rings is 2. The fourth-order valence-corrected chi connectivity index (χ4v) is 2.06. The molecule has 20 heavy (non-hydrogen) atoms. The first-order chi connectivity index (χ1) is 9.62. The van der Waals surface area contributed by atoms with Crippen LogP contribution in [0.5, 0.6) is 11.5 Å². The topological polar surface area (TPSA) is 35.5 Å². The van der Waals surface area contributed by atoms with Crippen molar-refractivity contribution in [1.29, 1.82) is 0 Å². The first-order valence-corrected chi connectivity index (χ1v) is 6.44. The molecule has 0 fully saturated rings. The average molecular weight is 270 g/mol. The summed E-state index contributed by atoms with van der Waals surface area (Å²) < 4.78 is 10.3. The lowest BCUT2D eigenvalue weighted by Gasteiger charge is -2.07. The molecule has 2 aromatic rings. The van der Waals surface area contributed by atoms with E-state index in [1.165, 1.54) is 0 Å². The molecule has 0 bridgehead atoms. The Morgan fingerprint density at radius 3 is 2.20 bits per heavy atom. The van der Waals surface area contributed by atoms with Crippen molar-refractivity contribution in [3.63, 3.8) is 0 Å². The molecule has 0 aliphatic rings. The minimum atomic E-state index is 0.0807. The molecule has 0 saturated heterocycles. The number of hydrogen-bond donors (Lipinski definition) is 0. The van der Waals surface area contributed by atoms with Crippen molar-refractivity contribution < 1.29 is 14.3 Å². The average Bonchev–Trinajstić information content (AvgIpc) is 2.47. The van der Waals surface area contributed by atoms with Gasteiger partial charge in [-0.15, -0.1) is 0 Å². The predicted octanol–water partition coefficient (Wildman–Crippen LogP) is 3.44. The SMILES string of the molecule is COc1ccc(CC(=O)c2cc(C)cc(OC)c2)cc1. The maximum atomic E-state index is 12.3. The first kappa shape index (κ1) is 14.1. The summed E-state index contributed by atoms with van der Waals surface area (Å²) in [6, 6.07) is 13.1. The largest absolute Gasteiger partial charge is 0.497 e. The predicted molar refractivity (Wildman–Crippen MR) is 78.8 cm³/mol. The van der Waals surface area contributed by atoms with Crippen molar-refractivity contribution in [2.75, 3.05) is 14.2 Å². The number of rotatable bonds is 5. The number of hydrogen-bond acceptors (Lipinski definition) is 3. The zero-order valence-electron chi connectivity index (χ0n) is 12.0. The van der Waals surface area contributed by atoms with Crippen molar-refractivity contribution in [1.82, 2.24) is 0 Å². The van der Waals surface area contributed by atoms with Gasteiger partial charge in [-0.2, -0.15) is 0 Å². The molecule has 0 amide bonds. The number of methoxy groups -OCH3 is 2. The Bertz CT molecular complexity index is 600. The van der Waals surface area contributed by atoms with E-state index >= 15 is 0 Å². The second-order valence-electron chi connectivity index (χ2n) is 4.69. The number of aryl methyl sites for hydroxylation is 1. The lowest BCUT2D eigenvalue weighted by Crippen LogP contribution is -2.04. The van der Waals surface area contributed by atoms with Crippen molar-refractivity contribution >= 4 is 5.78 Å². The number of ketones is 1. The molecular weight excluding hydrogens is 252 g/mol. The molecule has 3 nitrogen and oxygen atoms in total. The van der Waals surface area contributed by atoms with Gasteiger partial charge in [0.05, 0.1) is 14.2 Å². The van der Waals surface area contributed by atoms with Crippen molar-refractivity contribution in [2.45, 2.75) is 13.3 Å². The third-order valence-corrected chi connectivity index (χ3v) is 3.13. The second kappa shape index (κ2) is 6.24. The highest BCUT2D eigenvalue weighted by Gasteiger charge is 2.09. The van der Waals surface area contributed by atoms with Crippen LogP contribution >= 0.6 is 0 Å². The van der Waals surface area contributed by atoms with Gasteiger partial charge in [0.1, 0.15) is 11.5 Å². The molecule has 0 N–H and O–H groups in total. The fourth-order valence-electron chi connectivity index (χ4n) is 2.06. The summed E-state index contributed by atoms with van der Waals surface area (Å²) in [7, 11) is 3.23. The van der Waals surface area contributed by atoms with Gasteiger partial charge in [0.2, 0.25) is 0 Å². The van der Waals surface area contributed by atoms with Crippen LogP contribution in [0.25, 0.3) is 0 Å². The molecule has 3 heteroatoms. The van der Waals surface area contributed by atoms with Crippen LogP contribution < -0.4 is 9.47 Å². The fraction of sp³-hybridized carbons (Fsp3) is 0.235. The van der Waals surface area contributed by atoms with Gasteiger partial charge in [0.15, 0.2) is 5.78 Å². The minimum absolute atomic E-state index is 0.0807. The van der Waals surface area contributed by atoms with Gasteiger partial charge in [-0.3, -0.25) is 4.79 Å². The quantitative estimate of drug-likeness (QED) is 0.781. The summed E-state index contributed by atoms with van der Waals surface area (Å²) in [6.07, 6.45) is 0.372. The Labute approximate surface area is 119 Å². The number of carbonyl (C=O) groups excluding carboxylic acids is 1. The Hall–Kier alpha value is -2.29. The van der Waals surface area contributed by atoms with E-state index in [1.54, 1.807) is 20.3 Å². The van der Waals surface area contributed by atoms with Crippen LogP contribution in [0.1, 0.15) is 21.5 Å². The Morgan fingerprint density at radius 1 is 0.950 bits per heavy atom. The van der Waals surface area contributed by atoms with Gasteiger partial charge >= 0.3 is 0 Å². The van der Waals surface area contributed by atoms with Gasteiger partial charge < -0.3 is 9.47 Å². The number of Topliss-reactive ketones (excluding diaryl/α,β-unsaturated/α-hetero) is 1. The lowest BCUT2D eigenvalue weighted by molar-refractivity contribution is 0.0992. The molecule has 104 valence electrons. The van der Waals surface area contributed by atoms with Gasteiger partial charge in [0, 0.05) is 12.0 Å². The molecule has 2 aromatic carbocycles. The minimum Gasteiger partial charge on any atom is -0.497 e. The highest BCUT2D eigenvalue weighted by molar-refractivity contribution is 5.98. The van der Waals surface area contributed by atoms with E-state index < -0.39 is 0 Å². The lowest BCUT2D eigenvalue weighted by atomic mass is 10.0. The third-order valence-electron chi connectivity index (χ3n) is 3.13. The van der Waals surface area contributed by atoms with Crippen LogP contribution in [-0.2, 0) is 6.42 Å². The third kappa shape index (κ3) is 3.38. The molecule has 0 saturated carbocycles. The molecule has 0 radical (unpaired) electrons. The first-order valence-electron chi connectivity index (χ1n) is 6.44. The summed E-state index contributed by atoms with van der Waals surface area (Å²) in [4.78, 5) is 12.3. The molecular formula is C17H18O3. The summed E-state index contributed by atoms with van der Waals surface area (Å²) >= 11 is 0. The monoisotopic (exact) mass is 270 g/mol. The molecule has 0 heterocycles. The molecule has 0 atom stereocenters. The Kier molecular flexibility index (Phi) is 4.41. The van der Waals surface area contributed by atoms with Crippen molar-refractivity contribution in [3.05, 3.63) is 59.2 Å². The highest BCUT2D eigenvalue weighted by atomic mass is 16.5. The molecule has 0 aliphatic heterocycles. The van der Waals surface area contributed by atoms with E-state index in [0.29, 0.717) is 17.7 Å². The van der Waals surface area contributed by atoms with Crippen LogP contribution in [0.2, 0.25) is 0 Å². The van der Waals surface area contributed by atoms with Crippen molar-refractivity contribution in [2.24, 2.45) is 0 Å². The maximum Gasteiger partial charge on any atom is 0.167 e. The molecule has 0 unspecified atom stereocenters. The summed E-state index contributed by atoms with van der Waals surface area (Å²) in [5.74, 6) is 1.58. The second-order valence-corrected chi connectivity index (χ2v) is 4.69. The van der Waals surface area contributed by atoms with Crippen LogP contribution in [0.3, 0.4) is 0 Å². The molecule has 2 rings (SSSR count). The zero-order chi connectivity index (χ0) is 14.5.